The second-order valence-corrected chi connectivity index (χ2v) is 4.49. The van der Waals surface area contributed by atoms with E-state index in [1.54, 1.807) is 6.92 Å². The fourth-order valence-electron chi connectivity index (χ4n) is 2.17. The first-order valence-electron chi connectivity index (χ1n) is 6.07. The van der Waals surface area contributed by atoms with Crippen LogP contribution in [0.25, 0.3) is 0 Å². The van der Waals surface area contributed by atoms with Crippen LogP contribution >= 0.6 is 0 Å². The molecule has 98 valence electrons. The topological polar surface area (TPSA) is 52.6 Å². The molecule has 1 aliphatic rings. The van der Waals surface area contributed by atoms with Crippen molar-refractivity contribution in [1.29, 1.82) is 0 Å². The van der Waals surface area contributed by atoms with Gasteiger partial charge in [-0.25, -0.2) is 4.39 Å². The van der Waals surface area contributed by atoms with Crippen LogP contribution in [0, 0.1) is 5.82 Å². The first-order chi connectivity index (χ1) is 8.59. The van der Waals surface area contributed by atoms with Gasteiger partial charge in [0.25, 0.3) is 0 Å². The monoisotopic (exact) mass is 252 g/mol. The summed E-state index contributed by atoms with van der Waals surface area (Å²) < 4.78 is 13.1. The highest BCUT2D eigenvalue weighted by atomic mass is 19.1. The number of nitrogens with zero attached hydrogens (tertiary/aromatic N) is 1. The molecule has 1 unspecified atom stereocenters. The zero-order chi connectivity index (χ0) is 13.1. The summed E-state index contributed by atoms with van der Waals surface area (Å²) in [6.45, 7) is 5.03. The van der Waals surface area contributed by atoms with Crippen molar-refractivity contribution in [2.24, 2.45) is 0 Å². The van der Waals surface area contributed by atoms with Gasteiger partial charge in [0.1, 0.15) is 11.6 Å². The summed E-state index contributed by atoms with van der Waals surface area (Å²) in [4.78, 5) is 14.3. The third-order valence-corrected chi connectivity index (χ3v) is 3.30. The molecule has 0 aromatic heterocycles. The van der Waals surface area contributed by atoms with Crippen LogP contribution in [-0.4, -0.2) is 48.0 Å². The lowest BCUT2D eigenvalue weighted by Gasteiger charge is -2.31. The van der Waals surface area contributed by atoms with Gasteiger partial charge < -0.3 is 10.4 Å². The average molecular weight is 252 g/mol. The van der Waals surface area contributed by atoms with E-state index in [1.165, 1.54) is 6.07 Å². The molecule has 1 atom stereocenters. The zero-order valence-corrected chi connectivity index (χ0v) is 10.3. The van der Waals surface area contributed by atoms with Gasteiger partial charge in [0.05, 0.1) is 11.6 Å². The Morgan fingerprint density at radius 2 is 2.11 bits per heavy atom. The van der Waals surface area contributed by atoms with E-state index in [-0.39, 0.29) is 23.1 Å². The van der Waals surface area contributed by atoms with Crippen LogP contribution in [0.15, 0.2) is 18.2 Å². The summed E-state index contributed by atoms with van der Waals surface area (Å²) in [7, 11) is 0. The molecule has 1 aromatic rings. The van der Waals surface area contributed by atoms with Gasteiger partial charge in [0.15, 0.2) is 5.78 Å². The van der Waals surface area contributed by atoms with Crippen LogP contribution in [0.4, 0.5) is 4.39 Å². The minimum atomic E-state index is -0.510. The smallest absolute Gasteiger partial charge is 0.183 e. The molecular weight excluding hydrogens is 235 g/mol. The number of hydrogen-bond acceptors (Lipinski definition) is 4. The molecule has 1 aromatic carbocycles. The number of phenolic OH excluding ortho intramolecular Hbond substituents is 1. The third kappa shape index (κ3) is 2.68. The number of aromatic hydroxyl groups is 1. The van der Waals surface area contributed by atoms with E-state index in [9.17, 15) is 14.3 Å². The van der Waals surface area contributed by atoms with Crippen molar-refractivity contribution >= 4 is 5.78 Å². The molecule has 0 aliphatic carbocycles. The quantitative estimate of drug-likeness (QED) is 0.788. The number of nitrogens with one attached hydrogen (secondary N) is 1. The van der Waals surface area contributed by atoms with Crippen LogP contribution in [0.1, 0.15) is 17.3 Å². The molecule has 0 saturated carbocycles. The van der Waals surface area contributed by atoms with Crippen molar-refractivity contribution in [2.75, 3.05) is 26.2 Å². The summed E-state index contributed by atoms with van der Waals surface area (Å²) >= 11 is 0. The lowest BCUT2D eigenvalue weighted by atomic mass is 10.0. The molecule has 0 bridgehead atoms. The summed E-state index contributed by atoms with van der Waals surface area (Å²) in [5, 5.41) is 12.8. The zero-order valence-electron chi connectivity index (χ0n) is 10.3. The van der Waals surface area contributed by atoms with E-state index in [4.69, 9.17) is 0 Å². The Labute approximate surface area is 105 Å². The molecule has 1 saturated heterocycles. The van der Waals surface area contributed by atoms with Crippen LogP contribution in [0.3, 0.4) is 0 Å². The van der Waals surface area contributed by atoms with Crippen molar-refractivity contribution in [2.45, 2.75) is 13.0 Å². The summed E-state index contributed by atoms with van der Waals surface area (Å²) in [6.07, 6.45) is 0. The van der Waals surface area contributed by atoms with Crippen LogP contribution in [-0.2, 0) is 0 Å². The summed E-state index contributed by atoms with van der Waals surface area (Å²) in [5.41, 5.74) is 0.0565. The minimum Gasteiger partial charge on any atom is -0.507 e. The normalized spacial score (nSPS) is 18.6. The van der Waals surface area contributed by atoms with Crippen molar-refractivity contribution in [3.05, 3.63) is 29.6 Å². The number of piperazine rings is 1. The average Bonchev–Trinajstić information content (AvgIpc) is 2.41. The Kier molecular flexibility index (Phi) is 3.93. The Morgan fingerprint density at radius 3 is 2.78 bits per heavy atom. The number of carbonyl (C=O) groups is 1. The van der Waals surface area contributed by atoms with Crippen LogP contribution in [0.5, 0.6) is 5.75 Å². The van der Waals surface area contributed by atoms with Gasteiger partial charge in [-0.1, -0.05) is 0 Å². The number of halogens is 1. The second kappa shape index (κ2) is 5.46. The van der Waals surface area contributed by atoms with E-state index < -0.39 is 5.82 Å². The molecule has 1 heterocycles. The molecular formula is C13H17FN2O2. The standard InChI is InChI=1S/C13H17FN2O2/c1-9(16-6-4-15-5-7-16)13(18)11-8-10(14)2-3-12(11)17/h2-3,8-9,15,17H,4-7H2,1H3. The lowest BCUT2D eigenvalue weighted by Crippen LogP contribution is -2.50. The summed E-state index contributed by atoms with van der Waals surface area (Å²) in [6, 6.07) is 3.10. The molecule has 0 amide bonds. The maximum Gasteiger partial charge on any atom is 0.183 e. The Bertz CT molecular complexity index is 445. The number of carbonyl (C=O) groups excluding carboxylic acids is 1. The van der Waals surface area contributed by atoms with Gasteiger partial charge in [-0.05, 0) is 25.1 Å². The fourth-order valence-corrected chi connectivity index (χ4v) is 2.17. The van der Waals surface area contributed by atoms with Crippen LogP contribution in [0.2, 0.25) is 0 Å². The van der Waals surface area contributed by atoms with Gasteiger partial charge in [0, 0.05) is 26.2 Å². The lowest BCUT2D eigenvalue weighted by molar-refractivity contribution is 0.0817. The van der Waals surface area contributed by atoms with Gasteiger partial charge >= 0.3 is 0 Å². The van der Waals surface area contributed by atoms with Crippen molar-refractivity contribution in [3.63, 3.8) is 0 Å². The molecule has 5 heteroatoms. The maximum absolute atomic E-state index is 13.1. The van der Waals surface area contributed by atoms with Crippen molar-refractivity contribution in [1.82, 2.24) is 10.2 Å². The summed E-state index contributed by atoms with van der Waals surface area (Å²) in [5.74, 6) is -0.916. The van der Waals surface area contributed by atoms with E-state index in [0.29, 0.717) is 0 Å². The van der Waals surface area contributed by atoms with E-state index in [1.807, 2.05) is 4.90 Å². The molecule has 1 aliphatic heterocycles. The molecule has 0 spiro atoms. The van der Waals surface area contributed by atoms with E-state index in [2.05, 4.69) is 5.32 Å². The van der Waals surface area contributed by atoms with Crippen LogP contribution < -0.4 is 5.32 Å². The number of ketones is 1. The third-order valence-electron chi connectivity index (χ3n) is 3.30. The SMILES string of the molecule is CC(C(=O)c1cc(F)ccc1O)N1CCNCC1. The number of rotatable bonds is 3. The molecule has 18 heavy (non-hydrogen) atoms. The molecule has 0 radical (unpaired) electrons. The largest absolute Gasteiger partial charge is 0.507 e. The number of Topliss-reactive ketones (excluding diaryl/α,β-unsaturated/α-hetero) is 1. The first kappa shape index (κ1) is 13.0. The maximum atomic E-state index is 13.1. The minimum absolute atomic E-state index is 0.0565. The molecule has 2 rings (SSSR count). The second-order valence-electron chi connectivity index (χ2n) is 4.49. The number of hydrogen-bond donors (Lipinski definition) is 2. The molecule has 4 nitrogen and oxygen atoms in total. The van der Waals surface area contributed by atoms with Crippen molar-refractivity contribution < 1.29 is 14.3 Å². The Balaban J connectivity index is 2.16. The van der Waals surface area contributed by atoms with E-state index in [0.717, 1.165) is 38.3 Å². The fraction of sp³-hybridized carbons (Fsp3) is 0.462. The van der Waals surface area contributed by atoms with Crippen molar-refractivity contribution in [3.8, 4) is 5.75 Å². The number of phenols is 1. The van der Waals surface area contributed by atoms with Gasteiger partial charge in [-0.3, -0.25) is 9.69 Å². The molecule has 2 N–H and O–H groups in total. The predicted molar refractivity (Wildman–Crippen MR) is 66.3 cm³/mol. The molecule has 1 fully saturated rings. The highest BCUT2D eigenvalue weighted by Gasteiger charge is 2.25. The predicted octanol–water partition coefficient (Wildman–Crippen LogP) is 1.01. The van der Waals surface area contributed by atoms with E-state index >= 15 is 0 Å². The Morgan fingerprint density at radius 1 is 1.44 bits per heavy atom. The Hall–Kier alpha value is -1.46. The van der Waals surface area contributed by atoms with Gasteiger partial charge in [0.2, 0.25) is 0 Å². The highest BCUT2D eigenvalue weighted by molar-refractivity contribution is 6.02. The number of benzene rings is 1. The van der Waals surface area contributed by atoms with Gasteiger partial charge in [-0.15, -0.1) is 0 Å². The first-order valence-corrected chi connectivity index (χ1v) is 6.07. The highest BCUT2D eigenvalue weighted by Crippen LogP contribution is 2.21. The van der Waals surface area contributed by atoms with Gasteiger partial charge in [-0.2, -0.15) is 0 Å².